The number of aliphatic hydroxyl groups is 1. The van der Waals surface area contributed by atoms with Crippen LogP contribution < -0.4 is 5.32 Å². The van der Waals surface area contributed by atoms with E-state index in [-0.39, 0.29) is 11.3 Å². The maximum atomic E-state index is 11.6. The molecule has 0 aliphatic carbocycles. The number of nitrogens with one attached hydrogen (secondary N) is 1. The van der Waals surface area contributed by atoms with Gasteiger partial charge in [0.15, 0.2) is 0 Å². The summed E-state index contributed by atoms with van der Waals surface area (Å²) in [5.74, 6) is 0.314. The summed E-state index contributed by atoms with van der Waals surface area (Å²) in [7, 11) is 0. The van der Waals surface area contributed by atoms with Crippen LogP contribution in [0.4, 0.5) is 0 Å². The Labute approximate surface area is 105 Å². The standard InChI is InChI=1S/C14H27NO2/c1-10(2)7-12(16)9-15-13(17)8-11(3)14(4,5)6/h8,10,12,16H,7,9H2,1-6H3,(H,15,17)/b11-8-. The second-order valence-corrected chi connectivity index (χ2v) is 6.11. The Balaban J connectivity index is 4.12. The van der Waals surface area contributed by atoms with Crippen molar-refractivity contribution in [2.75, 3.05) is 6.54 Å². The zero-order valence-electron chi connectivity index (χ0n) is 12.0. The Morgan fingerprint density at radius 2 is 1.88 bits per heavy atom. The van der Waals surface area contributed by atoms with Crippen molar-refractivity contribution in [2.45, 2.75) is 54.1 Å². The van der Waals surface area contributed by atoms with Gasteiger partial charge in [-0.15, -0.1) is 0 Å². The molecule has 1 unspecified atom stereocenters. The Morgan fingerprint density at radius 3 is 2.29 bits per heavy atom. The van der Waals surface area contributed by atoms with Crippen LogP contribution in [-0.4, -0.2) is 23.7 Å². The lowest BCUT2D eigenvalue weighted by atomic mass is 9.87. The van der Waals surface area contributed by atoms with Crippen molar-refractivity contribution in [3.05, 3.63) is 11.6 Å². The van der Waals surface area contributed by atoms with E-state index in [1.165, 1.54) is 0 Å². The van der Waals surface area contributed by atoms with E-state index in [4.69, 9.17) is 0 Å². The Bertz CT molecular complexity index is 274. The molecule has 100 valence electrons. The van der Waals surface area contributed by atoms with E-state index in [2.05, 4.69) is 39.9 Å². The van der Waals surface area contributed by atoms with Gasteiger partial charge in [-0.25, -0.2) is 0 Å². The van der Waals surface area contributed by atoms with Crippen molar-refractivity contribution < 1.29 is 9.90 Å². The highest BCUT2D eigenvalue weighted by Gasteiger charge is 2.14. The van der Waals surface area contributed by atoms with Crippen molar-refractivity contribution in [1.82, 2.24) is 5.32 Å². The molecule has 0 fully saturated rings. The maximum absolute atomic E-state index is 11.6. The number of hydrogen-bond acceptors (Lipinski definition) is 2. The number of carbonyl (C=O) groups excluding carboxylic acids is 1. The summed E-state index contributed by atoms with van der Waals surface area (Å²) in [6, 6.07) is 0. The summed E-state index contributed by atoms with van der Waals surface area (Å²) < 4.78 is 0. The summed E-state index contributed by atoms with van der Waals surface area (Å²) in [5.41, 5.74) is 1.04. The molecule has 0 spiro atoms. The van der Waals surface area contributed by atoms with E-state index in [0.29, 0.717) is 18.9 Å². The van der Waals surface area contributed by atoms with Crippen molar-refractivity contribution in [1.29, 1.82) is 0 Å². The van der Waals surface area contributed by atoms with Crippen LogP contribution in [0, 0.1) is 11.3 Å². The summed E-state index contributed by atoms with van der Waals surface area (Å²) in [5, 5.41) is 12.4. The molecule has 1 amide bonds. The van der Waals surface area contributed by atoms with Crippen LogP contribution in [0.3, 0.4) is 0 Å². The minimum Gasteiger partial charge on any atom is -0.391 e. The topological polar surface area (TPSA) is 49.3 Å². The lowest BCUT2D eigenvalue weighted by molar-refractivity contribution is -0.117. The molecule has 0 aliphatic rings. The van der Waals surface area contributed by atoms with Crippen LogP contribution in [0.1, 0.15) is 48.0 Å². The molecule has 0 rings (SSSR count). The molecule has 1 atom stereocenters. The van der Waals surface area contributed by atoms with Gasteiger partial charge in [0.2, 0.25) is 5.91 Å². The van der Waals surface area contributed by atoms with Crippen LogP contribution >= 0.6 is 0 Å². The van der Waals surface area contributed by atoms with Gasteiger partial charge in [0.1, 0.15) is 0 Å². The second kappa shape index (κ2) is 6.80. The van der Waals surface area contributed by atoms with Crippen LogP contribution in [0.5, 0.6) is 0 Å². The third kappa shape index (κ3) is 7.97. The number of amides is 1. The smallest absolute Gasteiger partial charge is 0.244 e. The van der Waals surface area contributed by atoms with Crippen molar-refractivity contribution in [3.8, 4) is 0 Å². The van der Waals surface area contributed by atoms with Gasteiger partial charge in [0.05, 0.1) is 6.10 Å². The molecule has 0 aromatic rings. The lowest BCUT2D eigenvalue weighted by Crippen LogP contribution is -2.32. The first-order valence-electron chi connectivity index (χ1n) is 6.27. The van der Waals surface area contributed by atoms with Crippen molar-refractivity contribution in [2.24, 2.45) is 11.3 Å². The Morgan fingerprint density at radius 1 is 1.35 bits per heavy atom. The molecule has 0 bridgehead atoms. The summed E-state index contributed by atoms with van der Waals surface area (Å²) in [6.07, 6.45) is 1.87. The molecule has 3 nitrogen and oxygen atoms in total. The molecule has 0 heterocycles. The van der Waals surface area contributed by atoms with Gasteiger partial charge in [-0.2, -0.15) is 0 Å². The van der Waals surface area contributed by atoms with Gasteiger partial charge in [-0.1, -0.05) is 40.2 Å². The molecule has 17 heavy (non-hydrogen) atoms. The first-order valence-corrected chi connectivity index (χ1v) is 6.27. The predicted octanol–water partition coefficient (Wildman–Crippen LogP) is 2.50. The molecule has 0 radical (unpaired) electrons. The predicted molar refractivity (Wildman–Crippen MR) is 71.7 cm³/mol. The van der Waals surface area contributed by atoms with Gasteiger partial charge >= 0.3 is 0 Å². The minimum atomic E-state index is -0.456. The average molecular weight is 241 g/mol. The first kappa shape index (κ1) is 16.2. The quantitative estimate of drug-likeness (QED) is 0.727. The number of aliphatic hydroxyl groups excluding tert-OH is 1. The molecule has 0 aromatic carbocycles. The fourth-order valence-electron chi connectivity index (χ4n) is 1.31. The highest BCUT2D eigenvalue weighted by atomic mass is 16.3. The Kier molecular flexibility index (Phi) is 6.46. The van der Waals surface area contributed by atoms with Crippen molar-refractivity contribution >= 4 is 5.91 Å². The molecular weight excluding hydrogens is 214 g/mol. The summed E-state index contributed by atoms with van der Waals surface area (Å²) >= 11 is 0. The third-order valence-corrected chi connectivity index (χ3v) is 2.79. The van der Waals surface area contributed by atoms with E-state index < -0.39 is 6.10 Å². The normalized spacial score (nSPS) is 14.9. The van der Waals surface area contributed by atoms with Gasteiger partial charge in [0.25, 0.3) is 0 Å². The molecule has 0 aromatic heterocycles. The number of rotatable bonds is 5. The SMILES string of the molecule is C/C(=C/C(=O)NCC(O)CC(C)C)C(C)(C)C. The van der Waals surface area contributed by atoms with Gasteiger partial charge in [-0.3, -0.25) is 4.79 Å². The fourth-order valence-corrected chi connectivity index (χ4v) is 1.31. The largest absolute Gasteiger partial charge is 0.391 e. The average Bonchev–Trinajstić information content (AvgIpc) is 2.12. The fraction of sp³-hybridized carbons (Fsp3) is 0.786. The van der Waals surface area contributed by atoms with Gasteiger partial charge in [-0.05, 0) is 24.7 Å². The van der Waals surface area contributed by atoms with Crippen LogP contribution in [0.15, 0.2) is 11.6 Å². The molecule has 3 heteroatoms. The molecule has 0 saturated heterocycles. The lowest BCUT2D eigenvalue weighted by Gasteiger charge is -2.19. The van der Waals surface area contributed by atoms with E-state index in [1.54, 1.807) is 6.08 Å². The Hall–Kier alpha value is -0.830. The highest BCUT2D eigenvalue weighted by Crippen LogP contribution is 2.23. The zero-order chi connectivity index (χ0) is 13.6. The molecule has 2 N–H and O–H groups in total. The molecular formula is C14H27NO2. The van der Waals surface area contributed by atoms with Gasteiger partial charge < -0.3 is 10.4 Å². The second-order valence-electron chi connectivity index (χ2n) is 6.11. The summed E-state index contributed by atoms with van der Waals surface area (Å²) in [6.45, 7) is 12.6. The number of allylic oxidation sites excluding steroid dienone is 1. The van der Waals surface area contributed by atoms with E-state index >= 15 is 0 Å². The van der Waals surface area contributed by atoms with Crippen LogP contribution in [0.2, 0.25) is 0 Å². The van der Waals surface area contributed by atoms with Crippen LogP contribution in [0.25, 0.3) is 0 Å². The first-order chi connectivity index (χ1) is 7.62. The highest BCUT2D eigenvalue weighted by molar-refractivity contribution is 5.88. The summed E-state index contributed by atoms with van der Waals surface area (Å²) in [4.78, 5) is 11.6. The number of hydrogen-bond donors (Lipinski definition) is 2. The molecule has 0 aliphatic heterocycles. The third-order valence-electron chi connectivity index (χ3n) is 2.79. The minimum absolute atomic E-state index is 0.00783. The van der Waals surface area contributed by atoms with E-state index in [1.807, 2.05) is 6.92 Å². The van der Waals surface area contributed by atoms with E-state index in [0.717, 1.165) is 5.57 Å². The van der Waals surface area contributed by atoms with Crippen molar-refractivity contribution in [3.63, 3.8) is 0 Å². The van der Waals surface area contributed by atoms with Crippen LogP contribution in [-0.2, 0) is 4.79 Å². The molecule has 0 saturated carbocycles. The van der Waals surface area contributed by atoms with E-state index in [9.17, 15) is 9.90 Å². The van der Waals surface area contributed by atoms with Gasteiger partial charge in [0, 0.05) is 12.6 Å². The number of carbonyl (C=O) groups is 1. The zero-order valence-corrected chi connectivity index (χ0v) is 12.0. The maximum Gasteiger partial charge on any atom is 0.244 e. The monoisotopic (exact) mass is 241 g/mol.